The Balaban J connectivity index is 1.47. The molecule has 1 saturated heterocycles. The van der Waals surface area contributed by atoms with E-state index < -0.39 is 0 Å². The fraction of sp³-hybridized carbons (Fsp3) is 0.348. The topological polar surface area (TPSA) is 66.5 Å². The first kappa shape index (κ1) is 20.3. The Hall–Kier alpha value is -3.03. The van der Waals surface area contributed by atoms with Crippen LogP contribution in [0.25, 0.3) is 6.08 Å². The highest BCUT2D eigenvalue weighted by atomic mass is 16.7. The summed E-state index contributed by atoms with van der Waals surface area (Å²) in [6, 6.07) is 10.9. The summed E-state index contributed by atoms with van der Waals surface area (Å²) in [6.45, 7) is 4.65. The highest BCUT2D eigenvalue weighted by molar-refractivity contribution is 6.09. The van der Waals surface area contributed by atoms with Crippen LogP contribution in [-0.4, -0.2) is 64.0 Å². The van der Waals surface area contributed by atoms with Gasteiger partial charge in [0.1, 0.15) is 18.1 Å². The number of hydrogen-bond donors (Lipinski definition) is 0. The molecule has 2 aliphatic rings. The van der Waals surface area contributed by atoms with Gasteiger partial charge in [0.05, 0.1) is 25.9 Å². The zero-order valence-corrected chi connectivity index (χ0v) is 17.0. The van der Waals surface area contributed by atoms with Gasteiger partial charge in [-0.3, -0.25) is 9.69 Å². The normalized spacial score (nSPS) is 16.0. The number of fused-ring (bicyclic) bond motifs is 1. The van der Waals surface area contributed by atoms with Gasteiger partial charge >= 0.3 is 0 Å². The summed E-state index contributed by atoms with van der Waals surface area (Å²) in [7, 11) is 1.62. The number of ketones is 1. The number of nitrogens with zero attached hydrogens (tertiary/aromatic N) is 1. The third-order valence-corrected chi connectivity index (χ3v) is 5.05. The Labute approximate surface area is 175 Å². The molecule has 0 N–H and O–H groups in total. The molecule has 0 spiro atoms. The first-order valence-corrected chi connectivity index (χ1v) is 9.96. The van der Waals surface area contributed by atoms with Gasteiger partial charge in [0, 0.05) is 25.7 Å². The van der Waals surface area contributed by atoms with Gasteiger partial charge in [-0.25, -0.2) is 0 Å². The van der Waals surface area contributed by atoms with Gasteiger partial charge in [0.2, 0.25) is 6.79 Å². The molecular weight excluding hydrogens is 386 g/mol. The van der Waals surface area contributed by atoms with E-state index in [-0.39, 0.29) is 12.6 Å². The molecule has 0 unspecified atom stereocenters. The first-order valence-electron chi connectivity index (χ1n) is 9.96. The monoisotopic (exact) mass is 411 g/mol. The lowest BCUT2D eigenvalue weighted by molar-refractivity contribution is 0.0322. The molecule has 2 aliphatic heterocycles. The second-order valence-electron chi connectivity index (χ2n) is 6.97. The SMILES string of the molecule is COc1ccc(/C=C/C(=O)c2cc3c(cc2OCCN2CCOCC2)OCO3)cc1. The Morgan fingerprint density at radius 3 is 2.57 bits per heavy atom. The summed E-state index contributed by atoms with van der Waals surface area (Å²) in [4.78, 5) is 15.2. The quantitative estimate of drug-likeness (QED) is 0.489. The predicted octanol–water partition coefficient (Wildman–Crippen LogP) is 3.03. The number of carbonyl (C=O) groups is 1. The highest BCUT2D eigenvalue weighted by Gasteiger charge is 2.21. The van der Waals surface area contributed by atoms with Gasteiger partial charge in [-0.2, -0.15) is 0 Å². The Morgan fingerprint density at radius 1 is 1.10 bits per heavy atom. The maximum Gasteiger partial charge on any atom is 0.231 e. The van der Waals surface area contributed by atoms with Crippen LogP contribution in [0.3, 0.4) is 0 Å². The van der Waals surface area contributed by atoms with E-state index in [4.69, 9.17) is 23.7 Å². The molecule has 2 aromatic rings. The number of morpholine rings is 1. The molecule has 2 aromatic carbocycles. The first-order chi connectivity index (χ1) is 14.7. The zero-order valence-electron chi connectivity index (χ0n) is 17.0. The van der Waals surface area contributed by atoms with Gasteiger partial charge in [-0.15, -0.1) is 0 Å². The predicted molar refractivity (Wildman–Crippen MR) is 112 cm³/mol. The Bertz CT molecular complexity index is 903. The summed E-state index contributed by atoms with van der Waals surface area (Å²) in [5.41, 5.74) is 1.35. The molecule has 0 radical (unpaired) electrons. The molecule has 0 saturated carbocycles. The summed E-state index contributed by atoms with van der Waals surface area (Å²) >= 11 is 0. The number of rotatable bonds is 8. The van der Waals surface area contributed by atoms with E-state index in [9.17, 15) is 4.79 Å². The second kappa shape index (κ2) is 9.65. The Kier molecular flexibility index (Phi) is 6.51. The summed E-state index contributed by atoms with van der Waals surface area (Å²) in [5.74, 6) is 2.25. The van der Waals surface area contributed by atoms with Gasteiger partial charge in [-0.05, 0) is 29.8 Å². The van der Waals surface area contributed by atoms with Crippen molar-refractivity contribution in [3.05, 3.63) is 53.6 Å². The van der Waals surface area contributed by atoms with Gasteiger partial charge < -0.3 is 23.7 Å². The number of carbonyl (C=O) groups excluding carboxylic acids is 1. The lowest BCUT2D eigenvalue weighted by Crippen LogP contribution is -2.38. The number of hydrogen-bond acceptors (Lipinski definition) is 7. The fourth-order valence-corrected chi connectivity index (χ4v) is 3.32. The summed E-state index contributed by atoms with van der Waals surface area (Å²) in [5, 5.41) is 0. The molecule has 0 aliphatic carbocycles. The molecule has 0 aromatic heterocycles. The van der Waals surface area contributed by atoms with Crippen LogP contribution in [0.2, 0.25) is 0 Å². The highest BCUT2D eigenvalue weighted by Crippen LogP contribution is 2.38. The van der Waals surface area contributed by atoms with E-state index in [1.807, 2.05) is 24.3 Å². The standard InChI is InChI=1S/C23H25NO6/c1-26-18-5-2-17(3-6-18)4-7-20(25)19-14-22-23(30-16-29-22)15-21(19)28-13-10-24-8-11-27-12-9-24/h2-7,14-15H,8-13,16H2,1H3/b7-4+. The van der Waals surface area contributed by atoms with Gasteiger partial charge in [0.25, 0.3) is 0 Å². The van der Waals surface area contributed by atoms with Crippen LogP contribution in [0.5, 0.6) is 23.0 Å². The minimum absolute atomic E-state index is 0.141. The smallest absolute Gasteiger partial charge is 0.231 e. The van der Waals surface area contributed by atoms with Gasteiger partial charge in [0.15, 0.2) is 17.3 Å². The maximum absolute atomic E-state index is 12.9. The molecule has 0 atom stereocenters. The van der Waals surface area contributed by atoms with Crippen LogP contribution < -0.4 is 18.9 Å². The van der Waals surface area contributed by atoms with Crippen LogP contribution in [0, 0.1) is 0 Å². The van der Waals surface area contributed by atoms with E-state index in [0.29, 0.717) is 29.4 Å². The number of benzene rings is 2. The third kappa shape index (κ3) is 4.93. The lowest BCUT2D eigenvalue weighted by atomic mass is 10.1. The number of allylic oxidation sites excluding steroid dienone is 1. The Morgan fingerprint density at radius 2 is 1.83 bits per heavy atom. The van der Waals surface area contributed by atoms with Crippen molar-refractivity contribution in [2.24, 2.45) is 0 Å². The van der Waals surface area contributed by atoms with E-state index >= 15 is 0 Å². The minimum atomic E-state index is -0.162. The summed E-state index contributed by atoms with van der Waals surface area (Å²) < 4.78 is 27.4. The van der Waals surface area contributed by atoms with Crippen LogP contribution >= 0.6 is 0 Å². The van der Waals surface area contributed by atoms with E-state index in [0.717, 1.165) is 44.2 Å². The van der Waals surface area contributed by atoms with Crippen molar-refractivity contribution < 1.29 is 28.5 Å². The molecule has 0 bridgehead atoms. The van der Waals surface area contributed by atoms with Crippen molar-refractivity contribution in [1.29, 1.82) is 0 Å². The molecule has 1 fully saturated rings. The number of methoxy groups -OCH3 is 1. The van der Waals surface area contributed by atoms with Crippen LogP contribution in [0.1, 0.15) is 15.9 Å². The zero-order chi connectivity index (χ0) is 20.8. The fourth-order valence-electron chi connectivity index (χ4n) is 3.32. The molecule has 7 nitrogen and oxygen atoms in total. The molecule has 30 heavy (non-hydrogen) atoms. The third-order valence-electron chi connectivity index (χ3n) is 5.05. The molecule has 4 rings (SSSR count). The summed E-state index contributed by atoms with van der Waals surface area (Å²) in [6.07, 6.45) is 3.30. The van der Waals surface area contributed by atoms with E-state index in [2.05, 4.69) is 4.90 Å². The minimum Gasteiger partial charge on any atom is -0.497 e. The van der Waals surface area contributed by atoms with Crippen LogP contribution in [0.4, 0.5) is 0 Å². The van der Waals surface area contributed by atoms with Gasteiger partial charge in [-0.1, -0.05) is 18.2 Å². The number of ether oxygens (including phenoxy) is 5. The van der Waals surface area contributed by atoms with E-state index in [1.54, 1.807) is 25.3 Å². The van der Waals surface area contributed by atoms with Crippen molar-refractivity contribution in [3.63, 3.8) is 0 Å². The second-order valence-corrected chi connectivity index (χ2v) is 6.97. The van der Waals surface area contributed by atoms with Crippen molar-refractivity contribution in [1.82, 2.24) is 4.90 Å². The lowest BCUT2D eigenvalue weighted by Gasteiger charge is -2.26. The van der Waals surface area contributed by atoms with Crippen molar-refractivity contribution in [2.75, 3.05) is 53.4 Å². The molecular formula is C23H25NO6. The molecule has 2 heterocycles. The van der Waals surface area contributed by atoms with Crippen LogP contribution in [-0.2, 0) is 4.74 Å². The molecule has 158 valence electrons. The average molecular weight is 411 g/mol. The maximum atomic E-state index is 12.9. The van der Waals surface area contributed by atoms with Crippen molar-refractivity contribution >= 4 is 11.9 Å². The largest absolute Gasteiger partial charge is 0.497 e. The average Bonchev–Trinajstić information content (AvgIpc) is 3.25. The molecule has 0 amide bonds. The van der Waals surface area contributed by atoms with Crippen LogP contribution in [0.15, 0.2) is 42.5 Å². The molecule has 7 heteroatoms. The van der Waals surface area contributed by atoms with Crippen molar-refractivity contribution in [2.45, 2.75) is 0 Å². The van der Waals surface area contributed by atoms with E-state index in [1.165, 1.54) is 6.08 Å². The van der Waals surface area contributed by atoms with Crippen molar-refractivity contribution in [3.8, 4) is 23.0 Å².